The lowest BCUT2D eigenvalue weighted by molar-refractivity contribution is 0.0372. The second-order valence-corrected chi connectivity index (χ2v) is 7.67. The number of amides is 2. The molecule has 2 fully saturated rings. The van der Waals surface area contributed by atoms with Gasteiger partial charge < -0.3 is 14.5 Å². The molecule has 0 radical (unpaired) electrons. The summed E-state index contributed by atoms with van der Waals surface area (Å²) in [4.78, 5) is 18.8. The average molecular weight is 335 g/mol. The minimum Gasteiger partial charge on any atom is -0.378 e. The van der Waals surface area contributed by atoms with Crippen LogP contribution in [-0.2, 0) is 16.7 Å². The van der Waals surface area contributed by atoms with Crippen LogP contribution in [0.5, 0.6) is 0 Å². The number of hydrogen-bond donors (Lipinski definition) is 1. The molecule has 0 bridgehead atoms. The molecular weight excluding hydrogens is 306 g/mol. The van der Waals surface area contributed by atoms with Gasteiger partial charge in [0.15, 0.2) is 0 Å². The normalized spacial score (nSPS) is 20.5. The molecule has 0 atom stereocenters. The van der Waals surface area contributed by atoms with Crippen molar-refractivity contribution in [1.29, 1.82) is 0 Å². The molecule has 0 saturated carbocycles. The molecule has 1 N–H and O–H groups in total. The lowest BCUT2D eigenvalue weighted by atomic mass is 9.89. The zero-order valence-corrected chi connectivity index (χ0v) is 15.0. The Morgan fingerprint density at radius 2 is 1.75 bits per heavy atom. The number of hydrogen-bond acceptors (Lipinski definition) is 4. The Morgan fingerprint density at radius 3 is 2.38 bits per heavy atom. The Morgan fingerprint density at radius 1 is 1.12 bits per heavy atom. The zero-order valence-electron chi connectivity index (χ0n) is 15.0. The topological polar surface area (TPSA) is 64.7 Å². The van der Waals surface area contributed by atoms with Gasteiger partial charge in [0.2, 0.25) is 0 Å². The van der Waals surface area contributed by atoms with Gasteiger partial charge in [0.25, 0.3) is 0 Å². The van der Waals surface area contributed by atoms with Crippen molar-refractivity contribution >= 4 is 6.03 Å². The first kappa shape index (κ1) is 17.2. The molecule has 7 nitrogen and oxygen atoms in total. The van der Waals surface area contributed by atoms with E-state index in [-0.39, 0.29) is 11.4 Å². The van der Waals surface area contributed by atoms with E-state index in [4.69, 9.17) is 4.74 Å². The number of rotatable bonds is 2. The molecule has 2 amide bonds. The van der Waals surface area contributed by atoms with Gasteiger partial charge in [-0.15, -0.1) is 0 Å². The van der Waals surface area contributed by atoms with Crippen LogP contribution in [0.1, 0.15) is 32.0 Å². The summed E-state index contributed by atoms with van der Waals surface area (Å²) in [5.74, 6) is 0. The number of piperazine rings is 1. The molecule has 134 valence electrons. The molecule has 3 rings (SSSR count). The third kappa shape index (κ3) is 3.89. The molecule has 7 heteroatoms. The van der Waals surface area contributed by atoms with E-state index in [9.17, 15) is 4.79 Å². The van der Waals surface area contributed by atoms with E-state index < -0.39 is 0 Å². The number of carbonyl (C=O) groups is 1. The number of nitrogens with one attached hydrogen (secondary N) is 1. The molecule has 2 aliphatic rings. The van der Waals surface area contributed by atoms with E-state index in [1.165, 1.54) is 11.3 Å². The SMILES string of the molecule is CC(C)(C)c1[nH]ncc1CN1CCN(C(=O)N2CCOCC2)CC1. The van der Waals surface area contributed by atoms with Crippen LogP contribution < -0.4 is 0 Å². The van der Waals surface area contributed by atoms with Gasteiger partial charge in [-0.1, -0.05) is 20.8 Å². The highest BCUT2D eigenvalue weighted by atomic mass is 16.5. The van der Waals surface area contributed by atoms with Crippen LogP contribution in [0.2, 0.25) is 0 Å². The highest BCUT2D eigenvalue weighted by molar-refractivity contribution is 5.74. The van der Waals surface area contributed by atoms with Crippen LogP contribution in [0.15, 0.2) is 6.20 Å². The van der Waals surface area contributed by atoms with Crippen LogP contribution in [0, 0.1) is 0 Å². The fraction of sp³-hybridized carbons (Fsp3) is 0.765. The molecule has 2 aliphatic heterocycles. The summed E-state index contributed by atoms with van der Waals surface area (Å²) >= 11 is 0. The largest absolute Gasteiger partial charge is 0.378 e. The van der Waals surface area contributed by atoms with Gasteiger partial charge in [0.1, 0.15) is 0 Å². The summed E-state index contributed by atoms with van der Waals surface area (Å²) in [5.41, 5.74) is 2.53. The van der Waals surface area contributed by atoms with Crippen LogP contribution in [-0.4, -0.2) is 83.4 Å². The van der Waals surface area contributed by atoms with Crippen molar-refractivity contribution in [2.24, 2.45) is 0 Å². The second-order valence-electron chi connectivity index (χ2n) is 7.67. The lowest BCUT2D eigenvalue weighted by Gasteiger charge is -2.38. The van der Waals surface area contributed by atoms with Crippen LogP contribution in [0.3, 0.4) is 0 Å². The van der Waals surface area contributed by atoms with Crippen molar-refractivity contribution in [1.82, 2.24) is 24.9 Å². The number of ether oxygens (including phenoxy) is 1. The molecular formula is C17H29N5O2. The Kier molecular flexibility index (Phi) is 5.10. The smallest absolute Gasteiger partial charge is 0.320 e. The lowest BCUT2D eigenvalue weighted by Crippen LogP contribution is -2.54. The maximum Gasteiger partial charge on any atom is 0.320 e. The number of carbonyl (C=O) groups excluding carboxylic acids is 1. The molecule has 0 spiro atoms. The molecule has 1 aromatic rings. The summed E-state index contributed by atoms with van der Waals surface area (Å²) in [6.07, 6.45) is 1.94. The van der Waals surface area contributed by atoms with Crippen molar-refractivity contribution in [3.63, 3.8) is 0 Å². The molecule has 0 unspecified atom stereocenters. The Hall–Kier alpha value is -1.60. The number of aromatic amines is 1. The number of aromatic nitrogens is 2. The number of nitrogens with zero attached hydrogens (tertiary/aromatic N) is 4. The first-order chi connectivity index (χ1) is 11.4. The summed E-state index contributed by atoms with van der Waals surface area (Å²) in [7, 11) is 0. The summed E-state index contributed by atoms with van der Waals surface area (Å²) in [6, 6.07) is 0.164. The predicted octanol–water partition coefficient (Wildman–Crippen LogP) is 1.28. The van der Waals surface area contributed by atoms with Crippen molar-refractivity contribution in [2.75, 3.05) is 52.5 Å². The molecule has 0 aromatic carbocycles. The van der Waals surface area contributed by atoms with Crippen LogP contribution >= 0.6 is 0 Å². The van der Waals surface area contributed by atoms with Crippen LogP contribution in [0.25, 0.3) is 0 Å². The quantitative estimate of drug-likeness (QED) is 0.884. The minimum absolute atomic E-state index is 0.0694. The Balaban J connectivity index is 1.52. The third-order valence-electron chi connectivity index (χ3n) is 4.79. The van der Waals surface area contributed by atoms with E-state index >= 15 is 0 Å². The van der Waals surface area contributed by atoms with E-state index in [1.54, 1.807) is 0 Å². The van der Waals surface area contributed by atoms with E-state index in [1.807, 2.05) is 16.0 Å². The predicted molar refractivity (Wildman–Crippen MR) is 91.9 cm³/mol. The van der Waals surface area contributed by atoms with Gasteiger partial charge in [-0.25, -0.2) is 4.79 Å². The molecule has 24 heavy (non-hydrogen) atoms. The van der Waals surface area contributed by atoms with Gasteiger partial charge in [-0.05, 0) is 0 Å². The first-order valence-electron chi connectivity index (χ1n) is 8.82. The maximum absolute atomic E-state index is 12.5. The number of morpholine rings is 1. The summed E-state index contributed by atoms with van der Waals surface area (Å²) in [5, 5.41) is 7.37. The zero-order chi connectivity index (χ0) is 17.2. The minimum atomic E-state index is 0.0694. The van der Waals surface area contributed by atoms with Crippen molar-refractivity contribution in [2.45, 2.75) is 32.7 Å². The fourth-order valence-corrected chi connectivity index (χ4v) is 3.37. The number of H-pyrrole nitrogens is 1. The van der Waals surface area contributed by atoms with Gasteiger partial charge in [0, 0.05) is 62.5 Å². The van der Waals surface area contributed by atoms with Gasteiger partial charge >= 0.3 is 6.03 Å². The summed E-state index contributed by atoms with van der Waals surface area (Å²) < 4.78 is 5.32. The molecule has 3 heterocycles. The molecule has 2 saturated heterocycles. The highest BCUT2D eigenvalue weighted by Crippen LogP contribution is 2.24. The first-order valence-corrected chi connectivity index (χ1v) is 8.82. The number of urea groups is 1. The molecule has 0 aliphatic carbocycles. The molecule has 1 aromatic heterocycles. The van der Waals surface area contributed by atoms with Gasteiger partial charge in [-0.2, -0.15) is 5.10 Å². The van der Waals surface area contributed by atoms with Gasteiger partial charge in [0.05, 0.1) is 19.4 Å². The fourth-order valence-electron chi connectivity index (χ4n) is 3.37. The van der Waals surface area contributed by atoms with Gasteiger partial charge in [-0.3, -0.25) is 10.00 Å². The standard InChI is InChI=1S/C17H29N5O2/c1-17(2,3)15-14(12-18-19-15)13-20-4-6-21(7-5-20)16(23)22-8-10-24-11-9-22/h12H,4-11,13H2,1-3H3,(H,18,19). The average Bonchev–Trinajstić information content (AvgIpc) is 3.04. The Bertz CT molecular complexity index is 552. The second kappa shape index (κ2) is 7.11. The monoisotopic (exact) mass is 335 g/mol. The van der Waals surface area contributed by atoms with Crippen molar-refractivity contribution in [3.8, 4) is 0 Å². The van der Waals surface area contributed by atoms with Crippen molar-refractivity contribution in [3.05, 3.63) is 17.5 Å². The summed E-state index contributed by atoms with van der Waals surface area (Å²) in [6.45, 7) is 13.6. The van der Waals surface area contributed by atoms with E-state index in [0.717, 1.165) is 32.7 Å². The van der Waals surface area contributed by atoms with E-state index in [0.29, 0.717) is 26.3 Å². The van der Waals surface area contributed by atoms with Crippen molar-refractivity contribution < 1.29 is 9.53 Å². The van der Waals surface area contributed by atoms with Crippen LogP contribution in [0.4, 0.5) is 4.79 Å². The van der Waals surface area contributed by atoms with E-state index in [2.05, 4.69) is 35.9 Å². The Labute approximate surface area is 143 Å². The third-order valence-corrected chi connectivity index (χ3v) is 4.79. The highest BCUT2D eigenvalue weighted by Gasteiger charge is 2.27. The maximum atomic E-state index is 12.5.